The Bertz CT molecular complexity index is 2120. The molecule has 0 aliphatic heterocycles. The number of imidazole rings is 1. The van der Waals surface area contributed by atoms with Gasteiger partial charge >= 0.3 is 0 Å². The molecule has 8 aromatic rings. The molecule has 0 atom stereocenters. The largest absolute Gasteiger partial charge is 0.292 e. The summed E-state index contributed by atoms with van der Waals surface area (Å²) in [4.78, 5) is 9.80. The summed E-state index contributed by atoms with van der Waals surface area (Å²) in [6.45, 7) is 0. The van der Waals surface area contributed by atoms with E-state index in [1.807, 2.05) is 24.4 Å². The molecule has 192 valence electrons. The second kappa shape index (κ2) is 9.58. The lowest BCUT2D eigenvalue weighted by molar-refractivity contribution is 1.11. The fraction of sp³-hybridized carbons (Fsp3) is 0. The molecule has 0 N–H and O–H groups in total. The van der Waals surface area contributed by atoms with Crippen LogP contribution in [0.5, 0.6) is 0 Å². The zero-order valence-electron chi connectivity index (χ0n) is 22.3. The van der Waals surface area contributed by atoms with E-state index in [0.29, 0.717) is 0 Å². The van der Waals surface area contributed by atoms with Crippen molar-refractivity contribution in [1.29, 1.82) is 0 Å². The highest BCUT2D eigenvalue weighted by molar-refractivity contribution is 6.21. The fourth-order valence-electron chi connectivity index (χ4n) is 6.05. The van der Waals surface area contributed by atoms with Crippen molar-refractivity contribution in [2.24, 2.45) is 0 Å². The van der Waals surface area contributed by atoms with E-state index < -0.39 is 0 Å². The molecule has 0 saturated heterocycles. The van der Waals surface area contributed by atoms with Gasteiger partial charge in [0.1, 0.15) is 5.82 Å². The molecular formula is C38H25N3. The molecular weight excluding hydrogens is 498 g/mol. The number of rotatable bonds is 4. The summed E-state index contributed by atoms with van der Waals surface area (Å²) in [5.41, 5.74) is 8.81. The zero-order valence-corrected chi connectivity index (χ0v) is 22.3. The third-order valence-corrected chi connectivity index (χ3v) is 7.86. The van der Waals surface area contributed by atoms with Gasteiger partial charge in [-0.2, -0.15) is 0 Å². The van der Waals surface area contributed by atoms with Crippen LogP contribution in [-0.4, -0.2) is 14.5 Å². The minimum atomic E-state index is 0.946. The van der Waals surface area contributed by atoms with Gasteiger partial charge in [-0.1, -0.05) is 109 Å². The van der Waals surface area contributed by atoms with E-state index in [1.165, 1.54) is 32.7 Å². The predicted octanol–water partition coefficient (Wildman–Crippen LogP) is 9.73. The van der Waals surface area contributed by atoms with Crippen LogP contribution in [-0.2, 0) is 0 Å². The number of aromatic nitrogens is 3. The monoisotopic (exact) mass is 523 g/mol. The molecule has 0 fully saturated rings. The van der Waals surface area contributed by atoms with Crippen LogP contribution in [0.3, 0.4) is 0 Å². The average Bonchev–Trinajstić information content (AvgIpc) is 3.43. The minimum Gasteiger partial charge on any atom is -0.292 e. The van der Waals surface area contributed by atoms with Crippen molar-refractivity contribution in [3.05, 3.63) is 152 Å². The van der Waals surface area contributed by atoms with E-state index in [-0.39, 0.29) is 0 Å². The lowest BCUT2D eigenvalue weighted by Crippen LogP contribution is -1.99. The first-order valence-electron chi connectivity index (χ1n) is 13.9. The molecule has 0 radical (unpaired) electrons. The Hall–Kier alpha value is -5.54. The Morgan fingerprint density at radius 1 is 0.439 bits per heavy atom. The van der Waals surface area contributed by atoms with Gasteiger partial charge in [0.25, 0.3) is 0 Å². The normalized spacial score (nSPS) is 11.4. The third-order valence-electron chi connectivity index (χ3n) is 7.86. The van der Waals surface area contributed by atoms with Gasteiger partial charge in [0.05, 0.1) is 16.7 Å². The van der Waals surface area contributed by atoms with Gasteiger partial charge in [-0.15, -0.1) is 0 Å². The maximum atomic E-state index is 5.26. The summed E-state index contributed by atoms with van der Waals surface area (Å²) < 4.78 is 2.30. The Labute approximate surface area is 238 Å². The molecule has 0 bridgehead atoms. The fourth-order valence-corrected chi connectivity index (χ4v) is 6.05. The van der Waals surface area contributed by atoms with Crippen molar-refractivity contribution in [2.45, 2.75) is 0 Å². The van der Waals surface area contributed by atoms with Crippen LogP contribution in [0.2, 0.25) is 0 Å². The van der Waals surface area contributed by atoms with Crippen molar-refractivity contribution >= 4 is 32.6 Å². The summed E-state index contributed by atoms with van der Waals surface area (Å²) >= 11 is 0. The van der Waals surface area contributed by atoms with Crippen LogP contribution in [0.4, 0.5) is 0 Å². The molecule has 3 nitrogen and oxygen atoms in total. The summed E-state index contributed by atoms with van der Waals surface area (Å²) in [6, 6.07) is 51.2. The molecule has 0 spiro atoms. The maximum absolute atomic E-state index is 5.26. The number of hydrogen-bond donors (Lipinski definition) is 0. The smallest absolute Gasteiger partial charge is 0.146 e. The minimum absolute atomic E-state index is 0.946. The Morgan fingerprint density at radius 2 is 1.00 bits per heavy atom. The van der Waals surface area contributed by atoms with E-state index in [4.69, 9.17) is 4.98 Å². The van der Waals surface area contributed by atoms with Crippen LogP contribution < -0.4 is 0 Å². The number of para-hydroxylation sites is 3. The number of hydrogen-bond acceptors (Lipinski definition) is 2. The molecule has 8 rings (SSSR count). The first kappa shape index (κ1) is 23.4. The van der Waals surface area contributed by atoms with Gasteiger partial charge in [0, 0.05) is 23.0 Å². The molecule has 0 aliphatic carbocycles. The lowest BCUT2D eigenvalue weighted by Gasteiger charge is -2.18. The quantitative estimate of drug-likeness (QED) is 0.215. The van der Waals surface area contributed by atoms with E-state index in [0.717, 1.165) is 39.4 Å². The van der Waals surface area contributed by atoms with E-state index in [9.17, 15) is 0 Å². The molecule has 6 aromatic carbocycles. The topological polar surface area (TPSA) is 30.7 Å². The Balaban J connectivity index is 1.44. The Morgan fingerprint density at radius 3 is 1.66 bits per heavy atom. The SMILES string of the molecule is c1ccc(-n2c(-c3c4ccccc4c(-c4ccc(-c5ccccn5)cc4)c4ccccc34)nc3ccccc32)cc1. The summed E-state index contributed by atoms with van der Waals surface area (Å²) in [5.74, 6) is 0.946. The first-order valence-corrected chi connectivity index (χ1v) is 13.9. The van der Waals surface area contributed by atoms with Gasteiger partial charge in [-0.3, -0.25) is 9.55 Å². The number of pyridine rings is 1. The van der Waals surface area contributed by atoms with Crippen molar-refractivity contribution in [3.8, 4) is 39.5 Å². The van der Waals surface area contributed by atoms with Crippen molar-refractivity contribution in [1.82, 2.24) is 14.5 Å². The van der Waals surface area contributed by atoms with Gasteiger partial charge in [-0.25, -0.2) is 4.98 Å². The molecule has 2 heterocycles. The van der Waals surface area contributed by atoms with Crippen LogP contribution >= 0.6 is 0 Å². The van der Waals surface area contributed by atoms with Crippen LogP contribution in [0.15, 0.2) is 152 Å². The van der Waals surface area contributed by atoms with Gasteiger partial charge in [0.2, 0.25) is 0 Å². The predicted molar refractivity (Wildman–Crippen MR) is 170 cm³/mol. The second-order valence-corrected chi connectivity index (χ2v) is 10.2. The summed E-state index contributed by atoms with van der Waals surface area (Å²) in [6.07, 6.45) is 1.84. The van der Waals surface area contributed by atoms with Crippen LogP contribution in [0.1, 0.15) is 0 Å². The number of benzene rings is 6. The molecule has 3 heteroatoms. The van der Waals surface area contributed by atoms with Crippen molar-refractivity contribution in [3.63, 3.8) is 0 Å². The van der Waals surface area contributed by atoms with Gasteiger partial charge in [0.15, 0.2) is 0 Å². The molecule has 0 saturated carbocycles. The molecule has 0 aliphatic rings. The Kier molecular flexibility index (Phi) is 5.46. The van der Waals surface area contributed by atoms with E-state index in [1.54, 1.807) is 0 Å². The van der Waals surface area contributed by atoms with Crippen LogP contribution in [0, 0.1) is 0 Å². The number of nitrogens with zero attached hydrogens (tertiary/aromatic N) is 3. The third kappa shape index (κ3) is 3.82. The zero-order chi connectivity index (χ0) is 27.2. The highest BCUT2D eigenvalue weighted by Gasteiger charge is 2.21. The molecule has 2 aromatic heterocycles. The second-order valence-electron chi connectivity index (χ2n) is 10.2. The highest BCUT2D eigenvalue weighted by atomic mass is 15.1. The van der Waals surface area contributed by atoms with Gasteiger partial charge in [-0.05, 0) is 69.1 Å². The summed E-state index contributed by atoms with van der Waals surface area (Å²) in [5, 5.41) is 4.78. The number of fused-ring (bicyclic) bond motifs is 3. The lowest BCUT2D eigenvalue weighted by atomic mass is 9.87. The van der Waals surface area contributed by atoms with Crippen molar-refractivity contribution in [2.75, 3.05) is 0 Å². The molecule has 41 heavy (non-hydrogen) atoms. The molecule has 0 unspecified atom stereocenters. The highest BCUT2D eigenvalue weighted by Crippen LogP contribution is 2.44. The van der Waals surface area contributed by atoms with E-state index >= 15 is 0 Å². The van der Waals surface area contributed by atoms with Gasteiger partial charge < -0.3 is 0 Å². The summed E-state index contributed by atoms with van der Waals surface area (Å²) in [7, 11) is 0. The molecule has 0 amide bonds. The standard InChI is InChI=1S/C38H25N3/c1-2-12-28(13-3-1)41-35-20-9-8-19-34(35)40-38(41)37-31-16-6-4-14-29(31)36(30-15-5-7-17-32(30)37)27-23-21-26(22-24-27)33-18-10-11-25-39-33/h1-25H. The van der Waals surface area contributed by atoms with Crippen LogP contribution in [0.25, 0.3) is 72.0 Å². The maximum Gasteiger partial charge on any atom is 0.146 e. The average molecular weight is 524 g/mol. The first-order chi connectivity index (χ1) is 20.4. The van der Waals surface area contributed by atoms with Crippen molar-refractivity contribution < 1.29 is 0 Å². The van der Waals surface area contributed by atoms with E-state index in [2.05, 4.69) is 137 Å².